The lowest BCUT2D eigenvalue weighted by atomic mass is 9.85. The summed E-state index contributed by atoms with van der Waals surface area (Å²) >= 11 is 0. The van der Waals surface area contributed by atoms with Gasteiger partial charge in [-0.1, -0.05) is 95.1 Å². The number of Topliss-reactive ketones (excluding diaryl/α,β-unsaturated/α-hetero) is 8. The number of phenols is 2. The van der Waals surface area contributed by atoms with Gasteiger partial charge in [-0.3, -0.25) is 91.1 Å². The lowest BCUT2D eigenvalue weighted by molar-refractivity contribution is -0.143. The number of hydrogen-bond acceptors (Lipinski definition) is 26. The van der Waals surface area contributed by atoms with Crippen molar-refractivity contribution in [3.63, 3.8) is 0 Å². The van der Waals surface area contributed by atoms with E-state index < -0.39 is 280 Å². The maximum atomic E-state index is 14.8. The van der Waals surface area contributed by atoms with E-state index in [1.807, 2.05) is 0 Å². The molecule has 1 aliphatic rings. The Morgan fingerprint density at radius 2 is 0.898 bits per heavy atom. The minimum absolute atomic E-state index is 0.0261. The monoisotopic (exact) mass is 1800 g/mol. The van der Waals surface area contributed by atoms with Crippen molar-refractivity contribution in [1.82, 2.24) is 42.1 Å². The first kappa shape index (κ1) is 109. The van der Waals surface area contributed by atoms with Crippen LogP contribution < -0.4 is 43.0 Å². The van der Waals surface area contributed by atoms with Crippen LogP contribution in [0.5, 0.6) is 11.5 Å². The molecule has 0 bridgehead atoms. The number of aliphatic carboxylic acids is 3. The number of carboxylic acids is 3. The molecule has 4 rings (SSSR count). The van der Waals surface area contributed by atoms with Crippen molar-refractivity contribution in [2.75, 3.05) is 39.4 Å². The van der Waals surface area contributed by atoms with E-state index in [0.29, 0.717) is 56.3 Å². The molecule has 0 radical (unpaired) electrons. The number of phenolic OH excluding ortho intramolecular Hbond substituents is 2. The number of nitrogens with zero attached hydrogens (tertiary/aromatic N) is 1. The third kappa shape index (κ3) is 39.5. The van der Waals surface area contributed by atoms with Crippen LogP contribution in [0.25, 0.3) is 0 Å². The van der Waals surface area contributed by atoms with Crippen LogP contribution in [0.15, 0.2) is 78.9 Å². The zero-order valence-corrected chi connectivity index (χ0v) is 73.8. The maximum absolute atomic E-state index is 14.8. The topological polar surface area (TPSA) is 620 Å². The first-order valence-corrected chi connectivity index (χ1v) is 43.6. The number of carbonyl (C=O) groups excluding carboxylic acids is 16. The Labute approximate surface area is 743 Å². The van der Waals surface area contributed by atoms with Gasteiger partial charge in [0, 0.05) is 95.1 Å². The molecule has 37 heteroatoms. The lowest BCUT2D eigenvalue weighted by Gasteiger charge is -2.28. The summed E-state index contributed by atoms with van der Waals surface area (Å²) in [6.45, 7) is 8.52. The SMILES string of the molecule is CC[C@H](C)[C@H](NC(=O)[C@H](CO)CC(=O)[C@H](Cc1ccc(O)cc1)NC(=O)[C@H](CC(=O)O)CC(=O)[C@H](CO)NC(=O)[C@@H](CC(=O)[C@H](Cc1ccccc1)NC(=O)[C@@H](CC(=O)CNC(=O)[C@H](CCC(=O)O)CC(=O)CCCC(=O)CN1CCCC1=O)[C@@H](C)O)[C@@H](C)O)C(=O)C[C@@H](Cc1ccc(O)cc1)C(=O)N[C@@H](CC(C)C)C(=O)C[C@@H](CC(=O)O)C(=O)N[C@H](C)CCCCN. The van der Waals surface area contributed by atoms with E-state index in [1.54, 1.807) is 65.0 Å². The van der Waals surface area contributed by atoms with E-state index in [9.17, 15) is 137 Å². The van der Waals surface area contributed by atoms with Gasteiger partial charge in [-0.2, -0.15) is 0 Å². The van der Waals surface area contributed by atoms with Gasteiger partial charge in [0.2, 0.25) is 47.3 Å². The molecule has 128 heavy (non-hydrogen) atoms. The van der Waals surface area contributed by atoms with E-state index in [1.165, 1.54) is 53.4 Å². The smallest absolute Gasteiger partial charge is 0.304 e. The number of aromatic hydroxyl groups is 2. The van der Waals surface area contributed by atoms with Gasteiger partial charge < -0.3 is 93.8 Å². The molecular formula is C91H129N9O28. The Balaban J connectivity index is 1.54. The molecule has 706 valence electrons. The molecule has 16 atom stereocenters. The summed E-state index contributed by atoms with van der Waals surface area (Å²) in [6.07, 6.45) is -9.17. The molecule has 0 spiro atoms. The summed E-state index contributed by atoms with van der Waals surface area (Å²) in [7, 11) is 0. The number of aliphatic hydroxyl groups excluding tert-OH is 4. The highest BCUT2D eigenvalue weighted by Crippen LogP contribution is 2.27. The third-order valence-corrected chi connectivity index (χ3v) is 22.6. The Morgan fingerprint density at radius 1 is 0.430 bits per heavy atom. The highest BCUT2D eigenvalue weighted by molar-refractivity contribution is 6.01. The zero-order valence-electron chi connectivity index (χ0n) is 73.8. The molecule has 0 saturated carbocycles. The molecule has 37 nitrogen and oxygen atoms in total. The summed E-state index contributed by atoms with van der Waals surface area (Å²) in [4.78, 5) is 260. The molecule has 3 aromatic carbocycles. The summed E-state index contributed by atoms with van der Waals surface area (Å²) in [5.41, 5.74) is 6.78. The van der Waals surface area contributed by atoms with E-state index in [0.717, 1.165) is 13.8 Å². The molecule has 1 aliphatic heterocycles. The molecule has 0 aliphatic carbocycles. The zero-order chi connectivity index (χ0) is 95.6. The second-order valence-electron chi connectivity index (χ2n) is 33.9. The number of benzene rings is 3. The number of carbonyl (C=O) groups is 19. The van der Waals surface area contributed by atoms with Crippen molar-refractivity contribution in [3.8, 4) is 11.5 Å². The molecule has 0 unspecified atom stereocenters. The van der Waals surface area contributed by atoms with E-state index >= 15 is 0 Å². The Kier molecular flexibility index (Phi) is 47.7. The fourth-order valence-corrected chi connectivity index (χ4v) is 14.9. The van der Waals surface area contributed by atoms with Crippen LogP contribution in [0.4, 0.5) is 0 Å². The number of amides is 8. The molecule has 3 aromatic rings. The molecule has 8 amide bonds. The lowest BCUT2D eigenvalue weighted by Crippen LogP contribution is -2.52. The van der Waals surface area contributed by atoms with E-state index in [4.69, 9.17) is 5.73 Å². The van der Waals surface area contributed by atoms with Gasteiger partial charge in [0.05, 0.1) is 105 Å². The number of nitrogens with one attached hydrogen (secondary N) is 7. The highest BCUT2D eigenvalue weighted by Gasteiger charge is 2.41. The van der Waals surface area contributed by atoms with Crippen LogP contribution in [0.3, 0.4) is 0 Å². The Bertz CT molecular complexity index is 4270. The predicted octanol–water partition coefficient (Wildman–Crippen LogP) is 2.34. The minimum Gasteiger partial charge on any atom is -0.508 e. The van der Waals surface area contributed by atoms with Crippen molar-refractivity contribution in [1.29, 1.82) is 0 Å². The van der Waals surface area contributed by atoms with Gasteiger partial charge in [0.25, 0.3) is 0 Å². The van der Waals surface area contributed by atoms with Crippen LogP contribution in [0.1, 0.15) is 200 Å². The number of unbranched alkanes of at least 4 members (excludes halogenated alkanes) is 1. The van der Waals surface area contributed by atoms with Crippen LogP contribution in [-0.2, 0) is 110 Å². The van der Waals surface area contributed by atoms with Crippen LogP contribution >= 0.6 is 0 Å². The van der Waals surface area contributed by atoms with Crippen molar-refractivity contribution in [3.05, 3.63) is 95.6 Å². The van der Waals surface area contributed by atoms with Crippen molar-refractivity contribution >= 4 is 111 Å². The molecule has 0 aromatic heterocycles. The second kappa shape index (κ2) is 56.0. The highest BCUT2D eigenvalue weighted by atomic mass is 16.4. The van der Waals surface area contributed by atoms with E-state index in [2.05, 4.69) is 37.2 Å². The number of nitrogens with two attached hydrogens (primary N) is 1. The van der Waals surface area contributed by atoms with Crippen LogP contribution in [0, 0.1) is 53.3 Å². The number of aliphatic hydroxyl groups is 4. The second-order valence-corrected chi connectivity index (χ2v) is 33.9. The van der Waals surface area contributed by atoms with Gasteiger partial charge in [-0.25, -0.2) is 0 Å². The summed E-state index contributed by atoms with van der Waals surface area (Å²) in [6, 6.07) is 10.5. The molecule has 1 saturated heterocycles. The Morgan fingerprint density at radius 3 is 1.41 bits per heavy atom. The molecule has 18 N–H and O–H groups in total. The maximum Gasteiger partial charge on any atom is 0.304 e. The number of likely N-dealkylation sites (tertiary alicyclic amines) is 1. The standard InChI is InChI=1S/C91H129N9O28/c1-8-52(4)84(79(114)41-60(35-57-22-27-64(105)28-23-57)87(124)95-71(34-51(2)3)75(110)39-61(43-82(118)119)86(123)94-53(5)16-12-13-32-92)99-89(126)63(49-101)42-76(111)72(37-58-24-29-65(106)30-25-58)96-88(125)62(44-83(120)121)40-77(112)74(50-102)98-91(128)70(55(7)104)46-78(113)73(36-56-17-10-9-11-18-56)97-90(127)69(54(6)103)45-68(109)47-93-85(122)59(26-31-81(116)117)38-66(107)19-14-20-67(108)48-100-33-15-21-80(100)115/h9-11,17-18,22-25,27-30,51-55,59-63,69-74,84,101-106H,8,12-16,19-21,26,31-50,92H2,1-7H3,(H,93,122)(H,94,123)(H,95,124)(H,96,125)(H,97,127)(H,98,128)(H,99,126)(H,116,117)(H,118,119)(H,120,121)/t52-,53+,54+,55+,59+,60+,61-,62-,63-,69-,70-,71-,72-,73-,74-,84-/m0/s1. The quantitative estimate of drug-likeness (QED) is 0.0361. The summed E-state index contributed by atoms with van der Waals surface area (Å²) in [5.74, 6) is -29.7. The van der Waals surface area contributed by atoms with Crippen molar-refractivity contribution in [2.45, 2.75) is 251 Å². The molecule has 1 heterocycles. The fraction of sp³-hybridized carbons (Fsp3) is 0.593. The van der Waals surface area contributed by atoms with Gasteiger partial charge in [0.1, 0.15) is 23.3 Å². The minimum atomic E-state index is -1.99. The Hall–Kier alpha value is -11.4. The summed E-state index contributed by atoms with van der Waals surface area (Å²) in [5, 5.41) is 111. The third-order valence-electron chi connectivity index (χ3n) is 22.6. The van der Waals surface area contributed by atoms with Gasteiger partial charge in [-0.15, -0.1) is 0 Å². The number of ketones is 8. The average molecular weight is 1800 g/mol. The largest absolute Gasteiger partial charge is 0.508 e. The van der Waals surface area contributed by atoms with Crippen LogP contribution in [-0.4, -0.2) is 250 Å². The normalized spacial score (nSPS) is 15.8. The van der Waals surface area contributed by atoms with Gasteiger partial charge in [-0.05, 0) is 138 Å². The van der Waals surface area contributed by atoms with Crippen molar-refractivity contribution < 1.29 is 137 Å². The fourth-order valence-electron chi connectivity index (χ4n) is 14.9. The number of carboxylic acid groups (broad SMARTS) is 3. The van der Waals surface area contributed by atoms with E-state index in [-0.39, 0.29) is 98.6 Å². The van der Waals surface area contributed by atoms with Crippen LogP contribution in [0.2, 0.25) is 0 Å². The summed E-state index contributed by atoms with van der Waals surface area (Å²) < 4.78 is 0. The van der Waals surface area contributed by atoms with Crippen molar-refractivity contribution in [2.24, 2.45) is 59.0 Å². The van der Waals surface area contributed by atoms with Gasteiger partial charge >= 0.3 is 17.9 Å². The first-order chi connectivity index (χ1) is 60.4. The number of hydrogen-bond donors (Lipinski definition) is 17. The predicted molar refractivity (Wildman–Crippen MR) is 461 cm³/mol. The first-order valence-electron chi connectivity index (χ1n) is 43.6. The number of rotatable bonds is 65. The molecule has 1 fully saturated rings. The average Bonchev–Trinajstić information content (AvgIpc) is 1.20. The van der Waals surface area contributed by atoms with Gasteiger partial charge in [0.15, 0.2) is 40.5 Å². The molecular weight excluding hydrogens is 1670 g/mol.